The summed E-state index contributed by atoms with van der Waals surface area (Å²) in [4.78, 5) is 40.8. The molecule has 0 atom stereocenters. The summed E-state index contributed by atoms with van der Waals surface area (Å²) in [6.45, 7) is 5.46. The molecule has 3 aromatic rings. The minimum Gasteiger partial charge on any atom is -0.458 e. The molecule has 0 aliphatic carbocycles. The summed E-state index contributed by atoms with van der Waals surface area (Å²) in [5, 5.41) is 7.54. The average Bonchev–Trinajstić information content (AvgIpc) is 3.10. The number of rotatable bonds is 6. The Balaban J connectivity index is 1.57. The molecule has 8 nitrogen and oxygen atoms in total. The molecule has 9 heteroatoms. The molecule has 2 heterocycles. The van der Waals surface area contributed by atoms with E-state index >= 15 is 0 Å². The van der Waals surface area contributed by atoms with E-state index in [1.807, 2.05) is 32.9 Å². The van der Waals surface area contributed by atoms with Crippen molar-refractivity contribution < 1.29 is 14.3 Å². The Morgan fingerprint density at radius 3 is 2.64 bits per heavy atom. The van der Waals surface area contributed by atoms with Crippen LogP contribution in [0.3, 0.4) is 0 Å². The van der Waals surface area contributed by atoms with E-state index in [1.165, 1.54) is 21.9 Å². The van der Waals surface area contributed by atoms with Crippen LogP contribution in [-0.4, -0.2) is 33.0 Å². The Kier molecular flexibility index (Phi) is 5.84. The van der Waals surface area contributed by atoms with E-state index in [0.717, 1.165) is 10.6 Å². The van der Waals surface area contributed by atoms with Crippen LogP contribution in [0, 0.1) is 6.92 Å². The Morgan fingerprint density at radius 2 is 1.96 bits per heavy atom. The third kappa shape index (κ3) is 4.61. The lowest BCUT2D eigenvalue weighted by Gasteiger charge is -2.06. The quantitative estimate of drug-likeness (QED) is 0.636. The molecule has 0 fully saturated rings. The zero-order valence-electron chi connectivity index (χ0n) is 15.8. The van der Waals surface area contributed by atoms with Gasteiger partial charge in [0.1, 0.15) is 18.2 Å². The normalized spacial score (nSPS) is 11.0. The minimum absolute atomic E-state index is 0.153. The molecule has 0 saturated heterocycles. The number of nitrogens with zero attached hydrogens (tertiary/aromatic N) is 3. The van der Waals surface area contributed by atoms with Gasteiger partial charge in [0, 0.05) is 17.5 Å². The number of benzene rings is 1. The highest BCUT2D eigenvalue weighted by atomic mass is 32.1. The van der Waals surface area contributed by atoms with Crippen molar-refractivity contribution in [1.29, 1.82) is 0 Å². The lowest BCUT2D eigenvalue weighted by atomic mass is 10.1. The molecular formula is C19H20N4O4S. The van der Waals surface area contributed by atoms with Gasteiger partial charge in [-0.25, -0.2) is 4.98 Å². The molecule has 0 spiro atoms. The number of esters is 1. The molecule has 0 unspecified atom stereocenters. The van der Waals surface area contributed by atoms with E-state index in [1.54, 1.807) is 12.1 Å². The fourth-order valence-electron chi connectivity index (χ4n) is 2.34. The number of hydrogen-bond donors (Lipinski definition) is 1. The second-order valence-electron chi connectivity index (χ2n) is 6.58. The van der Waals surface area contributed by atoms with Gasteiger partial charge in [-0.3, -0.25) is 14.4 Å². The molecule has 28 heavy (non-hydrogen) atoms. The van der Waals surface area contributed by atoms with Crippen LogP contribution in [-0.2, 0) is 16.1 Å². The van der Waals surface area contributed by atoms with Crippen molar-refractivity contribution in [3.8, 4) is 0 Å². The number of nitrogens with one attached hydrogen (secondary N) is 1. The standard InChI is InChI=1S/C19H20N4O4S/c1-11(2)18-22-23-15(24)8-14(21-19(23)28-18)10-27-16(25)9-20-17(26)13-6-4-12(3)5-7-13/h4-8,11H,9-10H2,1-3H3,(H,20,26). The van der Waals surface area contributed by atoms with Gasteiger partial charge in [-0.15, -0.1) is 0 Å². The maximum atomic E-state index is 12.1. The van der Waals surface area contributed by atoms with E-state index in [0.29, 0.717) is 16.2 Å². The SMILES string of the molecule is Cc1ccc(C(=O)NCC(=O)OCc2cc(=O)n3nc(C(C)C)sc3n2)cc1. The highest BCUT2D eigenvalue weighted by molar-refractivity contribution is 7.16. The van der Waals surface area contributed by atoms with Gasteiger partial charge in [0.2, 0.25) is 4.96 Å². The van der Waals surface area contributed by atoms with Gasteiger partial charge in [0.05, 0.1) is 5.69 Å². The van der Waals surface area contributed by atoms with Gasteiger partial charge in [-0.05, 0) is 19.1 Å². The highest BCUT2D eigenvalue weighted by Crippen LogP contribution is 2.19. The van der Waals surface area contributed by atoms with Gasteiger partial charge in [-0.1, -0.05) is 42.9 Å². The summed E-state index contributed by atoms with van der Waals surface area (Å²) >= 11 is 1.32. The smallest absolute Gasteiger partial charge is 0.325 e. The monoisotopic (exact) mass is 400 g/mol. The zero-order valence-corrected chi connectivity index (χ0v) is 16.6. The van der Waals surface area contributed by atoms with Crippen LogP contribution in [0.4, 0.5) is 0 Å². The first kappa shape index (κ1) is 19.7. The lowest BCUT2D eigenvalue weighted by Crippen LogP contribution is -2.30. The number of amides is 1. The van der Waals surface area contributed by atoms with E-state index in [4.69, 9.17) is 4.74 Å². The van der Waals surface area contributed by atoms with Gasteiger partial charge in [-0.2, -0.15) is 9.61 Å². The third-order valence-corrected chi connectivity index (χ3v) is 5.10. The summed E-state index contributed by atoms with van der Waals surface area (Å²) in [7, 11) is 0. The molecule has 1 N–H and O–H groups in total. The van der Waals surface area contributed by atoms with Crippen LogP contribution in [0.25, 0.3) is 4.96 Å². The van der Waals surface area contributed by atoms with Crippen LogP contribution in [0.15, 0.2) is 35.1 Å². The molecule has 3 rings (SSSR count). The van der Waals surface area contributed by atoms with Crippen LogP contribution >= 0.6 is 11.3 Å². The first-order valence-electron chi connectivity index (χ1n) is 8.73. The number of fused-ring (bicyclic) bond motifs is 1. The number of aromatic nitrogens is 3. The Bertz CT molecular complexity index is 1070. The van der Waals surface area contributed by atoms with Crippen molar-refractivity contribution in [2.24, 2.45) is 0 Å². The molecule has 0 bridgehead atoms. The van der Waals surface area contributed by atoms with Crippen molar-refractivity contribution in [2.75, 3.05) is 6.54 Å². The molecule has 0 radical (unpaired) electrons. The van der Waals surface area contributed by atoms with E-state index in [-0.39, 0.29) is 30.5 Å². The van der Waals surface area contributed by atoms with Crippen LogP contribution < -0.4 is 10.9 Å². The van der Waals surface area contributed by atoms with Gasteiger partial charge in [0.25, 0.3) is 11.5 Å². The van der Waals surface area contributed by atoms with Crippen molar-refractivity contribution in [1.82, 2.24) is 19.9 Å². The van der Waals surface area contributed by atoms with Crippen molar-refractivity contribution in [3.63, 3.8) is 0 Å². The predicted molar refractivity (Wildman–Crippen MR) is 105 cm³/mol. The van der Waals surface area contributed by atoms with Crippen molar-refractivity contribution >= 4 is 28.2 Å². The minimum atomic E-state index is -0.616. The Labute approximate surface area is 165 Å². The fraction of sp³-hybridized carbons (Fsp3) is 0.316. The summed E-state index contributed by atoms with van der Waals surface area (Å²) in [5.41, 5.74) is 1.51. The average molecular weight is 400 g/mol. The maximum Gasteiger partial charge on any atom is 0.325 e. The number of aryl methyl sites for hydroxylation is 1. The molecule has 0 aliphatic rings. The topological polar surface area (TPSA) is 103 Å². The summed E-state index contributed by atoms with van der Waals surface area (Å²) in [5.74, 6) is -0.792. The Morgan fingerprint density at radius 1 is 1.25 bits per heavy atom. The molecule has 2 aromatic heterocycles. The first-order valence-corrected chi connectivity index (χ1v) is 9.55. The molecular weight excluding hydrogens is 380 g/mol. The van der Waals surface area contributed by atoms with Crippen molar-refractivity contribution in [3.05, 3.63) is 62.5 Å². The zero-order chi connectivity index (χ0) is 20.3. The van der Waals surface area contributed by atoms with Gasteiger partial charge >= 0.3 is 5.97 Å². The molecule has 1 amide bonds. The van der Waals surface area contributed by atoms with Crippen LogP contribution in [0.5, 0.6) is 0 Å². The number of carbonyl (C=O) groups is 2. The first-order chi connectivity index (χ1) is 13.3. The summed E-state index contributed by atoms with van der Waals surface area (Å²) < 4.78 is 6.35. The van der Waals surface area contributed by atoms with E-state index in [9.17, 15) is 14.4 Å². The maximum absolute atomic E-state index is 12.1. The fourth-order valence-corrected chi connectivity index (χ4v) is 3.27. The largest absolute Gasteiger partial charge is 0.458 e. The Hall–Kier alpha value is -3.07. The molecule has 146 valence electrons. The number of hydrogen-bond acceptors (Lipinski definition) is 7. The molecule has 1 aromatic carbocycles. The lowest BCUT2D eigenvalue weighted by molar-refractivity contribution is -0.143. The van der Waals surface area contributed by atoms with E-state index in [2.05, 4.69) is 15.4 Å². The van der Waals surface area contributed by atoms with Gasteiger partial charge < -0.3 is 10.1 Å². The van der Waals surface area contributed by atoms with Crippen LogP contribution in [0.1, 0.15) is 46.4 Å². The summed E-state index contributed by atoms with van der Waals surface area (Å²) in [6.07, 6.45) is 0. The molecule has 0 saturated carbocycles. The van der Waals surface area contributed by atoms with Crippen molar-refractivity contribution in [2.45, 2.75) is 33.3 Å². The van der Waals surface area contributed by atoms with Gasteiger partial charge in [0.15, 0.2) is 0 Å². The van der Waals surface area contributed by atoms with E-state index < -0.39 is 5.97 Å². The highest BCUT2D eigenvalue weighted by Gasteiger charge is 2.13. The van der Waals surface area contributed by atoms with Crippen LogP contribution in [0.2, 0.25) is 0 Å². The second-order valence-corrected chi connectivity index (χ2v) is 7.57. The molecule has 0 aliphatic heterocycles. The number of carbonyl (C=O) groups excluding carboxylic acids is 2. The predicted octanol–water partition coefficient (Wildman–Crippen LogP) is 2.06. The summed E-state index contributed by atoms with van der Waals surface area (Å²) in [6, 6.07) is 8.29. The number of ether oxygens (including phenoxy) is 1. The second kappa shape index (κ2) is 8.30. The third-order valence-electron chi connectivity index (χ3n) is 3.90.